The third-order valence-corrected chi connectivity index (χ3v) is 4.34. The molecule has 2 aliphatic rings. The van der Waals surface area contributed by atoms with Crippen LogP contribution in [0.3, 0.4) is 0 Å². The number of nitrogens with zero attached hydrogens (tertiary/aromatic N) is 1. The molecule has 1 aromatic rings. The van der Waals surface area contributed by atoms with Gasteiger partial charge < -0.3 is 10.8 Å². The van der Waals surface area contributed by atoms with E-state index < -0.39 is 0 Å². The van der Waals surface area contributed by atoms with Crippen LogP contribution < -0.4 is 5.73 Å². The maximum atomic E-state index is 13.2. The Morgan fingerprint density at radius 1 is 1.26 bits per heavy atom. The van der Waals surface area contributed by atoms with E-state index in [1.807, 2.05) is 0 Å². The maximum Gasteiger partial charge on any atom is 0.127 e. The molecule has 19 heavy (non-hydrogen) atoms. The van der Waals surface area contributed by atoms with E-state index in [9.17, 15) is 9.50 Å². The lowest BCUT2D eigenvalue weighted by Gasteiger charge is -2.18. The van der Waals surface area contributed by atoms with Gasteiger partial charge in [-0.05, 0) is 42.4 Å². The second kappa shape index (κ2) is 5.65. The number of aromatic hydroxyl groups is 1. The minimum Gasteiger partial charge on any atom is -0.508 e. The Kier molecular flexibility index (Phi) is 4.33. The molecule has 1 aliphatic heterocycles. The van der Waals surface area contributed by atoms with Crippen LogP contribution in [0.1, 0.15) is 18.4 Å². The standard InChI is InChI=1S/C14H19FN2O.ClH/c15-11-3-9(4-12(18)5-11)6-17-7-10-1-2-14(16)13(10)8-17;/h3-5,10,13-14,18H,1-2,6-8,16H2;1H. The predicted octanol–water partition coefficient (Wildman–Crippen LogP) is 2.12. The molecule has 3 nitrogen and oxygen atoms in total. The zero-order valence-electron chi connectivity index (χ0n) is 10.8. The Bertz CT molecular complexity index is 437. The molecule has 1 saturated carbocycles. The quantitative estimate of drug-likeness (QED) is 0.876. The number of phenolic OH excluding ortho intramolecular Hbond substituents is 1. The summed E-state index contributed by atoms with van der Waals surface area (Å²) in [6.45, 7) is 2.75. The smallest absolute Gasteiger partial charge is 0.127 e. The van der Waals surface area contributed by atoms with E-state index in [0.717, 1.165) is 31.1 Å². The molecule has 0 radical (unpaired) electrons. The summed E-state index contributed by atoms with van der Waals surface area (Å²) >= 11 is 0. The highest BCUT2D eigenvalue weighted by molar-refractivity contribution is 5.85. The van der Waals surface area contributed by atoms with Crippen molar-refractivity contribution in [1.82, 2.24) is 4.90 Å². The van der Waals surface area contributed by atoms with Gasteiger partial charge in [-0.3, -0.25) is 4.90 Å². The van der Waals surface area contributed by atoms with Gasteiger partial charge in [0.05, 0.1) is 0 Å². The third kappa shape index (κ3) is 3.02. The van der Waals surface area contributed by atoms with E-state index in [1.54, 1.807) is 6.07 Å². The fourth-order valence-electron chi connectivity index (χ4n) is 3.51. The molecule has 3 atom stereocenters. The monoisotopic (exact) mass is 286 g/mol. The largest absolute Gasteiger partial charge is 0.508 e. The molecule has 0 spiro atoms. The lowest BCUT2D eigenvalue weighted by Crippen LogP contribution is -2.30. The van der Waals surface area contributed by atoms with Crippen LogP contribution in [0, 0.1) is 17.7 Å². The second-order valence-electron chi connectivity index (χ2n) is 5.68. The van der Waals surface area contributed by atoms with Gasteiger partial charge in [0.1, 0.15) is 11.6 Å². The van der Waals surface area contributed by atoms with Crippen molar-refractivity contribution < 1.29 is 9.50 Å². The van der Waals surface area contributed by atoms with Gasteiger partial charge in [-0.25, -0.2) is 4.39 Å². The molecular weight excluding hydrogens is 267 g/mol. The lowest BCUT2D eigenvalue weighted by atomic mass is 9.98. The fraction of sp³-hybridized carbons (Fsp3) is 0.571. The number of fused-ring (bicyclic) bond motifs is 1. The Hall–Kier alpha value is -0.840. The molecule has 3 N–H and O–H groups in total. The van der Waals surface area contributed by atoms with Gasteiger partial charge >= 0.3 is 0 Å². The van der Waals surface area contributed by atoms with Gasteiger partial charge in [-0.2, -0.15) is 0 Å². The van der Waals surface area contributed by atoms with E-state index in [0.29, 0.717) is 24.4 Å². The number of rotatable bonds is 2. The molecule has 3 rings (SSSR count). The van der Waals surface area contributed by atoms with Crippen molar-refractivity contribution in [2.45, 2.75) is 25.4 Å². The molecule has 5 heteroatoms. The first-order valence-corrected chi connectivity index (χ1v) is 6.58. The van der Waals surface area contributed by atoms with Crippen LogP contribution in [-0.2, 0) is 6.54 Å². The van der Waals surface area contributed by atoms with Crippen molar-refractivity contribution in [2.75, 3.05) is 13.1 Å². The summed E-state index contributed by atoms with van der Waals surface area (Å²) in [5, 5.41) is 9.39. The number of likely N-dealkylation sites (tertiary alicyclic amines) is 1. The summed E-state index contributed by atoms with van der Waals surface area (Å²) in [7, 11) is 0. The highest BCUT2D eigenvalue weighted by Gasteiger charge is 2.40. The van der Waals surface area contributed by atoms with Crippen molar-refractivity contribution in [2.24, 2.45) is 17.6 Å². The topological polar surface area (TPSA) is 49.5 Å². The van der Waals surface area contributed by atoms with Crippen molar-refractivity contribution in [3.05, 3.63) is 29.6 Å². The van der Waals surface area contributed by atoms with E-state index in [-0.39, 0.29) is 24.0 Å². The zero-order chi connectivity index (χ0) is 12.7. The van der Waals surface area contributed by atoms with Gasteiger partial charge in [0, 0.05) is 31.7 Å². The van der Waals surface area contributed by atoms with Crippen molar-refractivity contribution in [1.29, 1.82) is 0 Å². The molecule has 1 aliphatic carbocycles. The van der Waals surface area contributed by atoms with Crippen LogP contribution in [-0.4, -0.2) is 29.1 Å². The molecule has 2 fully saturated rings. The first-order valence-electron chi connectivity index (χ1n) is 6.58. The number of hydrogen-bond donors (Lipinski definition) is 2. The summed E-state index contributed by atoms with van der Waals surface area (Å²) in [5.74, 6) is 0.941. The van der Waals surface area contributed by atoms with Crippen LogP contribution in [0.5, 0.6) is 5.75 Å². The predicted molar refractivity (Wildman–Crippen MR) is 74.8 cm³/mol. The number of halogens is 2. The molecule has 0 aromatic heterocycles. The molecule has 0 bridgehead atoms. The molecule has 106 valence electrons. The van der Waals surface area contributed by atoms with Crippen LogP contribution in [0.2, 0.25) is 0 Å². The minimum absolute atomic E-state index is 0. The lowest BCUT2D eigenvalue weighted by molar-refractivity contribution is 0.297. The summed E-state index contributed by atoms with van der Waals surface area (Å²) in [6.07, 6.45) is 2.36. The SMILES string of the molecule is Cl.NC1CCC2CN(Cc3cc(O)cc(F)c3)CC12. The van der Waals surface area contributed by atoms with Gasteiger partial charge in [0.15, 0.2) is 0 Å². The van der Waals surface area contributed by atoms with E-state index in [2.05, 4.69) is 4.90 Å². The summed E-state index contributed by atoms with van der Waals surface area (Å²) in [5.41, 5.74) is 6.93. The first kappa shape index (κ1) is 14.6. The van der Waals surface area contributed by atoms with Crippen molar-refractivity contribution in [3.8, 4) is 5.75 Å². The number of benzene rings is 1. The van der Waals surface area contributed by atoms with E-state index >= 15 is 0 Å². The van der Waals surface area contributed by atoms with Gasteiger partial charge in [-0.1, -0.05) is 0 Å². The van der Waals surface area contributed by atoms with Crippen molar-refractivity contribution in [3.63, 3.8) is 0 Å². The highest BCUT2D eigenvalue weighted by atomic mass is 35.5. The normalized spacial score (nSPS) is 30.1. The molecule has 3 unspecified atom stereocenters. The maximum absolute atomic E-state index is 13.2. The molecular formula is C14H20ClFN2O. The summed E-state index contributed by atoms with van der Waals surface area (Å²) in [4.78, 5) is 2.32. The van der Waals surface area contributed by atoms with Crippen LogP contribution in [0.15, 0.2) is 18.2 Å². The number of nitrogens with two attached hydrogens (primary N) is 1. The molecule has 1 aromatic carbocycles. The molecule has 1 saturated heterocycles. The minimum atomic E-state index is -0.374. The second-order valence-corrected chi connectivity index (χ2v) is 5.68. The average Bonchev–Trinajstić information content (AvgIpc) is 2.80. The van der Waals surface area contributed by atoms with Crippen molar-refractivity contribution >= 4 is 12.4 Å². The Balaban J connectivity index is 0.00000133. The van der Waals surface area contributed by atoms with E-state index in [4.69, 9.17) is 5.73 Å². The highest BCUT2D eigenvalue weighted by Crippen LogP contribution is 2.37. The Morgan fingerprint density at radius 3 is 2.74 bits per heavy atom. The van der Waals surface area contributed by atoms with Crippen LogP contribution in [0.4, 0.5) is 4.39 Å². The third-order valence-electron chi connectivity index (χ3n) is 4.34. The van der Waals surface area contributed by atoms with Crippen LogP contribution >= 0.6 is 12.4 Å². The van der Waals surface area contributed by atoms with Crippen LogP contribution in [0.25, 0.3) is 0 Å². The van der Waals surface area contributed by atoms with Gasteiger partial charge in [0.2, 0.25) is 0 Å². The molecule has 1 heterocycles. The van der Waals surface area contributed by atoms with Gasteiger partial charge in [0.25, 0.3) is 0 Å². The summed E-state index contributed by atoms with van der Waals surface area (Å²) < 4.78 is 13.2. The summed E-state index contributed by atoms with van der Waals surface area (Å²) in [6, 6.07) is 4.60. The Labute approximate surface area is 119 Å². The van der Waals surface area contributed by atoms with E-state index in [1.165, 1.54) is 12.5 Å². The fourth-order valence-corrected chi connectivity index (χ4v) is 3.51. The zero-order valence-corrected chi connectivity index (χ0v) is 11.6. The number of hydrogen-bond acceptors (Lipinski definition) is 3. The molecule has 0 amide bonds. The Morgan fingerprint density at radius 2 is 2.05 bits per heavy atom. The average molecular weight is 287 g/mol. The first-order chi connectivity index (χ1) is 8.61. The van der Waals surface area contributed by atoms with Gasteiger partial charge in [-0.15, -0.1) is 12.4 Å². The number of phenols is 1.